The second kappa shape index (κ2) is 12.6. The van der Waals surface area contributed by atoms with Crippen molar-refractivity contribution in [3.8, 4) is 5.75 Å². The minimum absolute atomic E-state index is 0.0205. The number of thiocarbonyl (C=S) groups is 1. The van der Waals surface area contributed by atoms with Crippen LogP contribution in [-0.2, 0) is 0 Å². The highest BCUT2D eigenvalue weighted by atomic mass is 35.5. The van der Waals surface area contributed by atoms with Crippen molar-refractivity contribution in [3.63, 3.8) is 0 Å². The van der Waals surface area contributed by atoms with E-state index in [0.717, 1.165) is 36.6 Å². The summed E-state index contributed by atoms with van der Waals surface area (Å²) in [6, 6.07) is 21.8. The van der Waals surface area contributed by atoms with E-state index in [1.807, 2.05) is 36.1 Å². The number of nitrogens with one attached hydrogen (secondary N) is 2. The predicted octanol–water partition coefficient (Wildman–Crippen LogP) is 5.22. The zero-order valence-corrected chi connectivity index (χ0v) is 22.1. The van der Waals surface area contributed by atoms with Gasteiger partial charge in [-0.05, 0) is 91.4 Å². The molecule has 2 N–H and O–H groups in total. The molecule has 0 spiro atoms. The Morgan fingerprint density at radius 2 is 1.51 bits per heavy atom. The highest BCUT2D eigenvalue weighted by Gasteiger charge is 2.22. The topological polar surface area (TPSA) is 73.9 Å². The van der Waals surface area contributed by atoms with Crippen LogP contribution in [0.2, 0.25) is 5.02 Å². The van der Waals surface area contributed by atoms with E-state index in [2.05, 4.69) is 15.5 Å². The average molecular weight is 537 g/mol. The quantitative estimate of drug-likeness (QED) is 0.403. The Labute approximate surface area is 227 Å². The van der Waals surface area contributed by atoms with Gasteiger partial charge >= 0.3 is 0 Å². The van der Waals surface area contributed by atoms with Gasteiger partial charge in [-0.3, -0.25) is 14.9 Å². The van der Waals surface area contributed by atoms with E-state index in [-0.39, 0.29) is 16.9 Å². The molecule has 1 fully saturated rings. The molecule has 1 aliphatic heterocycles. The third-order valence-corrected chi connectivity index (χ3v) is 6.42. The van der Waals surface area contributed by atoms with Crippen LogP contribution in [0, 0.1) is 0 Å². The molecule has 0 radical (unpaired) electrons. The van der Waals surface area contributed by atoms with Gasteiger partial charge in [-0.25, -0.2) is 0 Å². The number of nitrogens with zero attached hydrogens (tertiary/aromatic N) is 2. The van der Waals surface area contributed by atoms with Gasteiger partial charge < -0.3 is 19.9 Å². The van der Waals surface area contributed by atoms with Crippen LogP contribution in [0.3, 0.4) is 0 Å². The van der Waals surface area contributed by atoms with E-state index in [0.29, 0.717) is 35.8 Å². The number of benzene rings is 3. The first kappa shape index (κ1) is 26.4. The Morgan fingerprint density at radius 1 is 0.892 bits per heavy atom. The van der Waals surface area contributed by atoms with Crippen molar-refractivity contribution in [2.24, 2.45) is 0 Å². The van der Waals surface area contributed by atoms with Crippen molar-refractivity contribution in [2.45, 2.75) is 13.3 Å². The van der Waals surface area contributed by atoms with Crippen LogP contribution in [0.25, 0.3) is 0 Å². The number of rotatable bonds is 7. The largest absolute Gasteiger partial charge is 0.494 e. The van der Waals surface area contributed by atoms with Crippen molar-refractivity contribution in [2.75, 3.05) is 43.0 Å². The number of anilines is 2. The van der Waals surface area contributed by atoms with Crippen LogP contribution in [0.15, 0.2) is 72.8 Å². The van der Waals surface area contributed by atoms with Crippen molar-refractivity contribution in [1.82, 2.24) is 10.2 Å². The molecule has 0 aromatic heterocycles. The predicted molar refractivity (Wildman–Crippen MR) is 152 cm³/mol. The van der Waals surface area contributed by atoms with Gasteiger partial charge in [0.05, 0.1) is 6.61 Å². The molecule has 0 saturated carbocycles. The number of piperazine rings is 1. The van der Waals surface area contributed by atoms with Crippen LogP contribution in [-0.4, -0.2) is 54.6 Å². The fourth-order valence-electron chi connectivity index (χ4n) is 3.96. The second-order valence-corrected chi connectivity index (χ2v) is 9.46. The summed E-state index contributed by atoms with van der Waals surface area (Å²) in [5.41, 5.74) is 2.98. The molecule has 7 nitrogen and oxygen atoms in total. The van der Waals surface area contributed by atoms with E-state index in [1.165, 1.54) is 0 Å². The fraction of sp³-hybridized carbons (Fsp3) is 0.250. The highest BCUT2D eigenvalue weighted by molar-refractivity contribution is 7.80. The third kappa shape index (κ3) is 7.21. The standard InChI is InChI=1S/C28H29ClN4O3S/c1-2-19-36-25-13-5-20(6-14-25)26(34)31-28(37)30-23-9-11-24(12-10-23)32-15-17-33(18-16-32)27(35)21-3-7-22(29)8-4-21/h3-14H,2,15-19H2,1H3,(H2,30,31,34,37). The lowest BCUT2D eigenvalue weighted by molar-refractivity contribution is 0.0746. The van der Waals surface area contributed by atoms with E-state index in [4.69, 9.17) is 28.6 Å². The first-order chi connectivity index (χ1) is 17.9. The molecular formula is C28H29ClN4O3S. The Bertz CT molecular complexity index is 1230. The van der Waals surface area contributed by atoms with Crippen LogP contribution in [0.1, 0.15) is 34.1 Å². The van der Waals surface area contributed by atoms with Crippen LogP contribution in [0.4, 0.5) is 11.4 Å². The fourth-order valence-corrected chi connectivity index (χ4v) is 4.29. The van der Waals surface area contributed by atoms with Gasteiger partial charge in [-0.1, -0.05) is 18.5 Å². The summed E-state index contributed by atoms with van der Waals surface area (Å²) in [6.07, 6.45) is 0.923. The lowest BCUT2D eigenvalue weighted by atomic mass is 10.1. The second-order valence-electron chi connectivity index (χ2n) is 8.61. The SMILES string of the molecule is CCCOc1ccc(C(=O)NC(=S)Nc2ccc(N3CCN(C(=O)c4ccc(Cl)cc4)CC3)cc2)cc1. The third-order valence-electron chi connectivity index (χ3n) is 5.96. The first-order valence-electron chi connectivity index (χ1n) is 12.2. The number of halogens is 1. The van der Waals surface area contributed by atoms with Gasteiger partial charge in [0.15, 0.2) is 5.11 Å². The molecule has 1 aliphatic rings. The summed E-state index contributed by atoms with van der Waals surface area (Å²) < 4.78 is 5.55. The summed E-state index contributed by atoms with van der Waals surface area (Å²) in [6.45, 7) is 5.44. The molecule has 37 heavy (non-hydrogen) atoms. The molecule has 4 rings (SSSR count). The maximum Gasteiger partial charge on any atom is 0.257 e. The molecule has 9 heteroatoms. The first-order valence-corrected chi connectivity index (χ1v) is 13.0. The Morgan fingerprint density at radius 3 is 2.14 bits per heavy atom. The zero-order valence-electron chi connectivity index (χ0n) is 20.6. The molecule has 1 heterocycles. The molecule has 0 aliphatic carbocycles. The number of carbonyl (C=O) groups excluding carboxylic acids is 2. The average Bonchev–Trinajstić information content (AvgIpc) is 2.92. The molecule has 1 saturated heterocycles. The van der Waals surface area contributed by atoms with Gasteiger partial charge in [0, 0.05) is 53.7 Å². The molecule has 0 unspecified atom stereocenters. The van der Waals surface area contributed by atoms with Crippen LogP contribution in [0.5, 0.6) is 5.75 Å². The Kier molecular flexibility index (Phi) is 8.98. The Hall–Kier alpha value is -3.62. The van der Waals surface area contributed by atoms with Crippen LogP contribution < -0.4 is 20.3 Å². The maximum atomic E-state index is 12.7. The molecule has 3 aromatic carbocycles. The highest BCUT2D eigenvalue weighted by Crippen LogP contribution is 2.21. The van der Waals surface area contributed by atoms with Gasteiger partial charge in [0.2, 0.25) is 0 Å². The molecule has 0 bridgehead atoms. The Balaban J connectivity index is 1.25. The monoisotopic (exact) mass is 536 g/mol. The van der Waals surface area contributed by atoms with Gasteiger partial charge in [0.1, 0.15) is 5.75 Å². The van der Waals surface area contributed by atoms with Crippen LogP contribution >= 0.6 is 23.8 Å². The van der Waals surface area contributed by atoms with Gasteiger partial charge in [-0.2, -0.15) is 0 Å². The van der Waals surface area contributed by atoms with Gasteiger partial charge in [0.25, 0.3) is 11.8 Å². The molecule has 0 atom stereocenters. The number of hydrogen-bond donors (Lipinski definition) is 2. The summed E-state index contributed by atoms with van der Waals surface area (Å²) in [4.78, 5) is 29.3. The number of ether oxygens (including phenoxy) is 1. The molecular weight excluding hydrogens is 508 g/mol. The summed E-state index contributed by atoms with van der Waals surface area (Å²) >= 11 is 11.2. The normalized spacial score (nSPS) is 13.1. The van der Waals surface area contributed by atoms with E-state index in [9.17, 15) is 9.59 Å². The molecule has 192 valence electrons. The lowest BCUT2D eigenvalue weighted by Gasteiger charge is -2.36. The smallest absolute Gasteiger partial charge is 0.257 e. The molecule has 2 amide bonds. The maximum absolute atomic E-state index is 12.7. The lowest BCUT2D eigenvalue weighted by Crippen LogP contribution is -2.48. The summed E-state index contributed by atoms with van der Waals surface area (Å²) in [5.74, 6) is 0.461. The number of hydrogen-bond acceptors (Lipinski definition) is 5. The summed E-state index contributed by atoms with van der Waals surface area (Å²) in [7, 11) is 0. The van der Waals surface area contributed by atoms with E-state index >= 15 is 0 Å². The summed E-state index contributed by atoms with van der Waals surface area (Å²) in [5, 5.41) is 6.59. The molecule has 3 aromatic rings. The minimum atomic E-state index is -0.290. The van der Waals surface area contributed by atoms with Crippen molar-refractivity contribution in [3.05, 3.63) is 88.9 Å². The van der Waals surface area contributed by atoms with Crippen molar-refractivity contribution in [1.29, 1.82) is 0 Å². The van der Waals surface area contributed by atoms with Gasteiger partial charge in [-0.15, -0.1) is 0 Å². The number of amides is 2. The van der Waals surface area contributed by atoms with E-state index < -0.39 is 0 Å². The van der Waals surface area contributed by atoms with Crippen molar-refractivity contribution >= 4 is 52.1 Å². The zero-order chi connectivity index (χ0) is 26.2. The van der Waals surface area contributed by atoms with E-state index in [1.54, 1.807) is 48.5 Å². The number of carbonyl (C=O) groups is 2. The minimum Gasteiger partial charge on any atom is -0.494 e. The van der Waals surface area contributed by atoms with Crippen molar-refractivity contribution < 1.29 is 14.3 Å².